The molecular weight excluding hydrogens is 498 g/mol. The number of fused-ring (bicyclic) bond motifs is 1. The number of methoxy groups -OCH3 is 1. The summed E-state index contributed by atoms with van der Waals surface area (Å²) in [6.07, 6.45) is 2.99. The number of aryl methyl sites for hydroxylation is 1. The first-order valence-electron chi connectivity index (χ1n) is 12.2. The summed E-state index contributed by atoms with van der Waals surface area (Å²) < 4.78 is 13.8. The number of carbonyl (C=O) groups is 1. The SMILES string of the molecule is COc1ccc(COC(=O)c2c(N)ncnc2N[C@@H](C)c2nn3ccc(C)c3c(=O)n2-c2ccccc2)cc1. The molecule has 0 unspecified atom stereocenters. The highest BCUT2D eigenvalue weighted by Crippen LogP contribution is 2.25. The van der Waals surface area contributed by atoms with E-state index in [-0.39, 0.29) is 29.4 Å². The van der Waals surface area contributed by atoms with E-state index in [2.05, 4.69) is 15.3 Å². The number of hydrogen-bond donors (Lipinski definition) is 2. The van der Waals surface area contributed by atoms with Gasteiger partial charge >= 0.3 is 5.97 Å². The number of hydrogen-bond acceptors (Lipinski definition) is 9. The first-order chi connectivity index (χ1) is 18.9. The van der Waals surface area contributed by atoms with Gasteiger partial charge in [-0.15, -0.1) is 0 Å². The summed E-state index contributed by atoms with van der Waals surface area (Å²) in [5.74, 6) is 0.534. The van der Waals surface area contributed by atoms with Gasteiger partial charge in [0.2, 0.25) is 0 Å². The topological polar surface area (TPSA) is 139 Å². The van der Waals surface area contributed by atoms with Crippen molar-refractivity contribution in [1.82, 2.24) is 24.1 Å². The molecule has 11 nitrogen and oxygen atoms in total. The van der Waals surface area contributed by atoms with Crippen LogP contribution in [-0.2, 0) is 11.3 Å². The molecule has 1 atom stereocenters. The van der Waals surface area contributed by atoms with Gasteiger partial charge in [0.05, 0.1) is 18.8 Å². The van der Waals surface area contributed by atoms with Crippen LogP contribution in [-0.4, -0.2) is 37.2 Å². The number of nitrogens with zero attached hydrogens (tertiary/aromatic N) is 5. The van der Waals surface area contributed by atoms with E-state index in [0.29, 0.717) is 22.8 Å². The van der Waals surface area contributed by atoms with Gasteiger partial charge in [0.25, 0.3) is 5.56 Å². The van der Waals surface area contributed by atoms with Gasteiger partial charge in [-0.1, -0.05) is 30.3 Å². The molecule has 198 valence electrons. The minimum absolute atomic E-state index is 0.00986. The largest absolute Gasteiger partial charge is 0.497 e. The molecule has 3 aromatic heterocycles. The Hall–Kier alpha value is -5.19. The van der Waals surface area contributed by atoms with Crippen LogP contribution in [0.15, 0.2) is 78.0 Å². The zero-order valence-electron chi connectivity index (χ0n) is 21.7. The van der Waals surface area contributed by atoms with Crippen molar-refractivity contribution < 1.29 is 14.3 Å². The lowest BCUT2D eigenvalue weighted by Gasteiger charge is -2.21. The van der Waals surface area contributed by atoms with Crippen LogP contribution in [0.4, 0.5) is 11.6 Å². The number of ether oxygens (including phenoxy) is 2. The van der Waals surface area contributed by atoms with Crippen molar-refractivity contribution in [1.29, 1.82) is 0 Å². The van der Waals surface area contributed by atoms with Crippen LogP contribution in [0.1, 0.15) is 40.3 Å². The van der Waals surface area contributed by atoms with Crippen molar-refractivity contribution in [3.05, 3.63) is 106 Å². The molecule has 3 N–H and O–H groups in total. The average Bonchev–Trinajstić information content (AvgIpc) is 3.33. The molecule has 0 spiro atoms. The first kappa shape index (κ1) is 25.5. The Morgan fingerprint density at radius 3 is 2.54 bits per heavy atom. The molecule has 0 amide bonds. The van der Waals surface area contributed by atoms with Crippen LogP contribution < -0.4 is 21.3 Å². The van der Waals surface area contributed by atoms with Gasteiger partial charge in [-0.3, -0.25) is 9.36 Å². The fourth-order valence-electron chi connectivity index (χ4n) is 4.26. The highest BCUT2D eigenvalue weighted by atomic mass is 16.5. The molecule has 5 rings (SSSR count). The van der Waals surface area contributed by atoms with Gasteiger partial charge in [-0.05, 0) is 55.3 Å². The molecule has 0 aliphatic carbocycles. The van der Waals surface area contributed by atoms with E-state index in [9.17, 15) is 9.59 Å². The highest BCUT2D eigenvalue weighted by Gasteiger charge is 2.24. The van der Waals surface area contributed by atoms with E-state index in [1.165, 1.54) is 6.33 Å². The number of benzene rings is 2. The first-order valence-corrected chi connectivity index (χ1v) is 12.2. The number of nitrogens with one attached hydrogen (secondary N) is 1. The molecule has 0 aliphatic heterocycles. The molecule has 0 bridgehead atoms. The molecule has 2 aromatic carbocycles. The maximum atomic E-state index is 13.6. The second-order valence-corrected chi connectivity index (χ2v) is 8.90. The molecule has 5 aromatic rings. The Labute approximate surface area is 223 Å². The fourth-order valence-corrected chi connectivity index (χ4v) is 4.26. The van der Waals surface area contributed by atoms with Gasteiger partial charge in [0.15, 0.2) is 5.82 Å². The molecular formula is C28H27N7O4. The van der Waals surface area contributed by atoms with E-state index in [0.717, 1.165) is 11.1 Å². The summed E-state index contributed by atoms with van der Waals surface area (Å²) in [5.41, 5.74) is 8.57. The van der Waals surface area contributed by atoms with Crippen molar-refractivity contribution in [3.63, 3.8) is 0 Å². The van der Waals surface area contributed by atoms with Crippen LogP contribution in [0.5, 0.6) is 5.75 Å². The van der Waals surface area contributed by atoms with Gasteiger partial charge < -0.3 is 20.5 Å². The van der Waals surface area contributed by atoms with E-state index in [4.69, 9.17) is 20.3 Å². The van der Waals surface area contributed by atoms with Crippen LogP contribution >= 0.6 is 0 Å². The lowest BCUT2D eigenvalue weighted by Crippen LogP contribution is -2.30. The van der Waals surface area contributed by atoms with Gasteiger partial charge in [-0.2, -0.15) is 5.10 Å². The van der Waals surface area contributed by atoms with Gasteiger partial charge in [0, 0.05) is 6.20 Å². The van der Waals surface area contributed by atoms with E-state index in [1.807, 2.05) is 50.2 Å². The third-order valence-corrected chi connectivity index (χ3v) is 6.28. The number of para-hydroxylation sites is 1. The van der Waals surface area contributed by atoms with Crippen molar-refractivity contribution in [2.45, 2.75) is 26.5 Å². The third kappa shape index (κ3) is 5.01. The van der Waals surface area contributed by atoms with Crippen molar-refractivity contribution in [2.75, 3.05) is 18.2 Å². The summed E-state index contributed by atoms with van der Waals surface area (Å²) in [5, 5.41) is 7.92. The molecule has 0 aliphatic rings. The van der Waals surface area contributed by atoms with Crippen molar-refractivity contribution in [2.24, 2.45) is 0 Å². The highest BCUT2D eigenvalue weighted by molar-refractivity contribution is 5.99. The van der Waals surface area contributed by atoms with Crippen LogP contribution in [0, 0.1) is 6.92 Å². The normalized spacial score (nSPS) is 11.8. The Kier molecular flexibility index (Phi) is 6.96. The summed E-state index contributed by atoms with van der Waals surface area (Å²) >= 11 is 0. The zero-order valence-corrected chi connectivity index (χ0v) is 21.7. The van der Waals surface area contributed by atoms with Crippen LogP contribution in [0.3, 0.4) is 0 Å². The van der Waals surface area contributed by atoms with Gasteiger partial charge in [-0.25, -0.2) is 19.3 Å². The number of aromatic nitrogens is 5. The predicted octanol–water partition coefficient (Wildman–Crippen LogP) is 3.70. The number of esters is 1. The number of nitrogen functional groups attached to an aromatic ring is 1. The fraction of sp³-hybridized carbons (Fsp3) is 0.179. The Morgan fingerprint density at radius 2 is 1.82 bits per heavy atom. The number of nitrogens with two attached hydrogens (primary N) is 1. The molecule has 39 heavy (non-hydrogen) atoms. The van der Waals surface area contributed by atoms with E-state index in [1.54, 1.807) is 46.7 Å². The minimum Gasteiger partial charge on any atom is -0.497 e. The molecule has 0 radical (unpaired) electrons. The maximum absolute atomic E-state index is 13.6. The van der Waals surface area contributed by atoms with Crippen molar-refractivity contribution >= 4 is 23.1 Å². The smallest absolute Gasteiger partial charge is 0.346 e. The Balaban J connectivity index is 1.48. The summed E-state index contributed by atoms with van der Waals surface area (Å²) in [4.78, 5) is 35.0. The van der Waals surface area contributed by atoms with E-state index >= 15 is 0 Å². The monoisotopic (exact) mass is 525 g/mol. The zero-order chi connectivity index (χ0) is 27.5. The van der Waals surface area contributed by atoms with Gasteiger partial charge in [0.1, 0.15) is 41.4 Å². The lowest BCUT2D eigenvalue weighted by molar-refractivity contribution is 0.0474. The average molecular weight is 526 g/mol. The maximum Gasteiger partial charge on any atom is 0.346 e. The predicted molar refractivity (Wildman–Crippen MR) is 146 cm³/mol. The third-order valence-electron chi connectivity index (χ3n) is 6.28. The summed E-state index contributed by atoms with van der Waals surface area (Å²) in [6.45, 7) is 3.70. The van der Waals surface area contributed by atoms with Crippen LogP contribution in [0.25, 0.3) is 11.2 Å². The summed E-state index contributed by atoms with van der Waals surface area (Å²) in [6, 6.07) is 17.6. The summed E-state index contributed by atoms with van der Waals surface area (Å²) in [7, 11) is 1.58. The second kappa shape index (κ2) is 10.7. The molecule has 0 saturated carbocycles. The van der Waals surface area contributed by atoms with Crippen LogP contribution in [0.2, 0.25) is 0 Å². The standard InChI is InChI=1S/C28H27N7O4/c1-17-13-14-34-23(17)27(36)35(20-7-5-4-6-8-20)26(33-34)18(2)32-25-22(24(29)30-16-31-25)28(37)39-15-19-9-11-21(38-3)12-10-19/h4-14,16,18H,15H2,1-3H3,(H3,29,30,31,32)/t18-/m0/s1. The lowest BCUT2D eigenvalue weighted by atomic mass is 10.2. The quantitative estimate of drug-likeness (QED) is 0.290. The Morgan fingerprint density at radius 1 is 1.08 bits per heavy atom. The minimum atomic E-state index is -0.691. The number of anilines is 2. The number of rotatable bonds is 8. The molecule has 0 saturated heterocycles. The second-order valence-electron chi connectivity index (χ2n) is 8.90. The molecule has 0 fully saturated rings. The molecule has 3 heterocycles. The molecule has 11 heteroatoms. The van der Waals surface area contributed by atoms with Crippen molar-refractivity contribution in [3.8, 4) is 11.4 Å². The Bertz CT molecular complexity index is 1700. The van der Waals surface area contributed by atoms with E-state index < -0.39 is 12.0 Å². The number of carbonyl (C=O) groups excluding carboxylic acids is 1.